The van der Waals surface area contributed by atoms with E-state index in [0.29, 0.717) is 16.0 Å². The molecule has 2 aromatic rings. The molecule has 0 heterocycles. The zero-order chi connectivity index (χ0) is 15.4. The molecule has 1 N–H and O–H groups in total. The monoisotopic (exact) mass is 409 g/mol. The number of hydrogen-bond acceptors (Lipinski definition) is 2. The molecule has 0 unspecified atom stereocenters. The van der Waals surface area contributed by atoms with Crippen molar-refractivity contribution in [2.24, 2.45) is 4.99 Å². The Labute approximate surface area is 142 Å². The summed E-state index contributed by atoms with van der Waals surface area (Å²) in [6.07, 6.45) is 2.77. The number of phenolic OH excluding ortho intramolecular Hbond substituents is 1. The van der Waals surface area contributed by atoms with E-state index >= 15 is 0 Å². The molecule has 2 nitrogen and oxygen atoms in total. The molecule has 0 spiro atoms. The van der Waals surface area contributed by atoms with Crippen LogP contribution in [0.15, 0.2) is 50.3 Å². The van der Waals surface area contributed by atoms with Crippen LogP contribution in [0.5, 0.6) is 5.75 Å². The van der Waals surface area contributed by atoms with Gasteiger partial charge in [0.15, 0.2) is 0 Å². The van der Waals surface area contributed by atoms with E-state index < -0.39 is 0 Å². The third-order valence-electron chi connectivity index (χ3n) is 3.48. The summed E-state index contributed by atoms with van der Waals surface area (Å²) in [5.74, 6) is 0.657. The van der Waals surface area contributed by atoms with Gasteiger partial charge >= 0.3 is 0 Å². The van der Waals surface area contributed by atoms with E-state index in [1.165, 1.54) is 5.56 Å². The molecule has 1 atom stereocenters. The summed E-state index contributed by atoms with van der Waals surface area (Å²) in [5.41, 5.74) is 2.85. The highest BCUT2D eigenvalue weighted by molar-refractivity contribution is 9.11. The molecule has 4 heteroatoms. The number of aromatic hydroxyl groups is 1. The third kappa shape index (κ3) is 3.95. The number of hydrogen-bond donors (Lipinski definition) is 1. The fourth-order valence-corrected chi connectivity index (χ4v) is 3.32. The summed E-state index contributed by atoms with van der Waals surface area (Å²) in [6.45, 7) is 4.37. The third-order valence-corrected chi connectivity index (χ3v) is 4.54. The van der Waals surface area contributed by atoms with Gasteiger partial charge in [0.25, 0.3) is 0 Å². The number of nitrogens with zero attached hydrogens (tertiary/aromatic N) is 1. The van der Waals surface area contributed by atoms with Crippen molar-refractivity contribution in [2.45, 2.75) is 26.2 Å². The summed E-state index contributed by atoms with van der Waals surface area (Å²) in [6, 6.07) is 11.8. The highest BCUT2D eigenvalue weighted by Gasteiger charge is 2.08. The molecule has 0 aromatic heterocycles. The van der Waals surface area contributed by atoms with Gasteiger partial charge in [-0.15, -0.1) is 0 Å². The molecule has 21 heavy (non-hydrogen) atoms. The second-order valence-corrected chi connectivity index (χ2v) is 6.72. The molecule has 0 saturated carbocycles. The number of aliphatic imine (C=N–C) groups is 1. The van der Waals surface area contributed by atoms with Crippen LogP contribution in [0.3, 0.4) is 0 Å². The predicted molar refractivity (Wildman–Crippen MR) is 95.9 cm³/mol. The Bertz CT molecular complexity index is 668. The summed E-state index contributed by atoms with van der Waals surface area (Å²) < 4.78 is 1.54. The fraction of sp³-hybridized carbons (Fsp3) is 0.235. The molecule has 0 radical (unpaired) electrons. The van der Waals surface area contributed by atoms with Crippen LogP contribution < -0.4 is 0 Å². The molecule has 0 aliphatic carbocycles. The first kappa shape index (κ1) is 16.2. The minimum Gasteiger partial charge on any atom is -0.506 e. The lowest BCUT2D eigenvalue weighted by atomic mass is 9.97. The standard InChI is InChI=1S/C17H17Br2NO/c1-3-11(2)14-6-4-5-7-16(14)20-10-12-8-13(18)9-15(19)17(12)21/h4-11,21H,3H2,1-2H3/t11-/m0/s1. The Kier molecular flexibility index (Phi) is 5.59. The van der Waals surface area contributed by atoms with Gasteiger partial charge in [-0.2, -0.15) is 0 Å². The zero-order valence-electron chi connectivity index (χ0n) is 12.0. The quantitative estimate of drug-likeness (QED) is 0.599. The molecular formula is C17H17Br2NO. The van der Waals surface area contributed by atoms with Crippen molar-refractivity contribution in [3.63, 3.8) is 0 Å². The van der Waals surface area contributed by atoms with Gasteiger partial charge in [0.1, 0.15) is 5.75 Å². The van der Waals surface area contributed by atoms with Crippen molar-refractivity contribution in [3.05, 3.63) is 56.5 Å². The van der Waals surface area contributed by atoms with Gasteiger partial charge in [-0.3, -0.25) is 4.99 Å². The fourth-order valence-electron chi connectivity index (χ4n) is 2.07. The van der Waals surface area contributed by atoms with Gasteiger partial charge in [-0.25, -0.2) is 0 Å². The maximum absolute atomic E-state index is 10.1. The Morgan fingerprint density at radius 1 is 1.24 bits per heavy atom. The molecule has 0 saturated heterocycles. The zero-order valence-corrected chi connectivity index (χ0v) is 15.1. The average Bonchev–Trinajstić information content (AvgIpc) is 2.49. The largest absolute Gasteiger partial charge is 0.506 e. The first-order valence-corrected chi connectivity index (χ1v) is 8.42. The lowest BCUT2D eigenvalue weighted by Crippen LogP contribution is -1.92. The summed E-state index contributed by atoms with van der Waals surface area (Å²) in [4.78, 5) is 4.56. The van der Waals surface area contributed by atoms with E-state index in [9.17, 15) is 5.11 Å². The van der Waals surface area contributed by atoms with Crippen LogP contribution >= 0.6 is 31.9 Å². The second-order valence-electron chi connectivity index (χ2n) is 4.95. The summed E-state index contributed by atoms with van der Waals surface area (Å²) >= 11 is 6.75. The van der Waals surface area contributed by atoms with Crippen molar-refractivity contribution in [3.8, 4) is 5.75 Å². The minimum absolute atomic E-state index is 0.197. The highest BCUT2D eigenvalue weighted by Crippen LogP contribution is 2.32. The van der Waals surface area contributed by atoms with Crippen LogP contribution in [0.4, 0.5) is 5.69 Å². The molecule has 110 valence electrons. The van der Waals surface area contributed by atoms with Crippen molar-refractivity contribution in [1.29, 1.82) is 0 Å². The lowest BCUT2D eigenvalue weighted by molar-refractivity contribution is 0.471. The van der Waals surface area contributed by atoms with Crippen molar-refractivity contribution >= 4 is 43.8 Å². The number of benzene rings is 2. The summed E-state index contributed by atoms with van der Waals surface area (Å²) in [7, 11) is 0. The van der Waals surface area contributed by atoms with E-state index in [1.54, 1.807) is 12.3 Å². The highest BCUT2D eigenvalue weighted by atomic mass is 79.9. The molecule has 0 aliphatic heterocycles. The molecule has 2 rings (SSSR count). The molecule has 2 aromatic carbocycles. The maximum Gasteiger partial charge on any atom is 0.138 e. The molecule has 0 aliphatic rings. The average molecular weight is 411 g/mol. The van der Waals surface area contributed by atoms with Gasteiger partial charge in [-0.1, -0.05) is 48.0 Å². The van der Waals surface area contributed by atoms with Gasteiger partial charge < -0.3 is 5.11 Å². The molecule has 0 fully saturated rings. The van der Waals surface area contributed by atoms with Crippen molar-refractivity contribution in [1.82, 2.24) is 0 Å². The van der Waals surface area contributed by atoms with Crippen molar-refractivity contribution in [2.75, 3.05) is 0 Å². The Morgan fingerprint density at radius 3 is 2.67 bits per heavy atom. The number of rotatable bonds is 4. The van der Waals surface area contributed by atoms with E-state index in [-0.39, 0.29) is 5.75 Å². The molecule has 0 amide bonds. The normalized spacial score (nSPS) is 12.8. The topological polar surface area (TPSA) is 32.6 Å². The van der Waals surface area contributed by atoms with Gasteiger partial charge in [0.2, 0.25) is 0 Å². The van der Waals surface area contributed by atoms with Crippen LogP contribution in [-0.4, -0.2) is 11.3 Å². The van der Waals surface area contributed by atoms with Crippen LogP contribution in [0.25, 0.3) is 0 Å². The van der Waals surface area contributed by atoms with E-state index in [1.807, 2.05) is 24.3 Å². The van der Waals surface area contributed by atoms with Gasteiger partial charge in [-0.05, 0) is 52.0 Å². The van der Waals surface area contributed by atoms with E-state index in [0.717, 1.165) is 16.6 Å². The van der Waals surface area contributed by atoms with Crippen LogP contribution in [0.1, 0.15) is 37.3 Å². The SMILES string of the molecule is CC[C@H](C)c1ccccc1N=Cc1cc(Br)cc(Br)c1O. The molecular weight excluding hydrogens is 394 g/mol. The summed E-state index contributed by atoms with van der Waals surface area (Å²) in [5, 5.41) is 10.1. The Morgan fingerprint density at radius 2 is 1.95 bits per heavy atom. The van der Waals surface area contributed by atoms with Crippen LogP contribution in [0, 0.1) is 0 Å². The Balaban J connectivity index is 2.39. The van der Waals surface area contributed by atoms with E-state index in [2.05, 4.69) is 56.8 Å². The first-order valence-electron chi connectivity index (χ1n) is 6.84. The molecule has 0 bridgehead atoms. The van der Waals surface area contributed by atoms with Gasteiger partial charge in [0, 0.05) is 16.3 Å². The van der Waals surface area contributed by atoms with Gasteiger partial charge in [0.05, 0.1) is 10.2 Å². The van der Waals surface area contributed by atoms with Crippen LogP contribution in [-0.2, 0) is 0 Å². The number of para-hydroxylation sites is 1. The van der Waals surface area contributed by atoms with E-state index in [4.69, 9.17) is 0 Å². The smallest absolute Gasteiger partial charge is 0.138 e. The number of halogens is 2. The maximum atomic E-state index is 10.1. The first-order chi connectivity index (χ1) is 10.0. The predicted octanol–water partition coefficient (Wildman–Crippen LogP) is 6.18. The number of phenols is 1. The minimum atomic E-state index is 0.197. The lowest BCUT2D eigenvalue weighted by Gasteiger charge is -2.11. The second kappa shape index (κ2) is 7.23. The van der Waals surface area contributed by atoms with Crippen LogP contribution in [0.2, 0.25) is 0 Å². The Hall–Kier alpha value is -1.13. The van der Waals surface area contributed by atoms with Crippen molar-refractivity contribution < 1.29 is 5.11 Å².